The van der Waals surface area contributed by atoms with E-state index in [0.29, 0.717) is 45.2 Å². The van der Waals surface area contributed by atoms with Crippen molar-refractivity contribution in [1.29, 1.82) is 0 Å². The maximum absolute atomic E-state index is 13.8. The van der Waals surface area contributed by atoms with Gasteiger partial charge in [0.05, 0.1) is 23.7 Å². The number of ether oxygens (including phenoxy) is 2. The fraction of sp³-hybridized carbons (Fsp3) is 0.206. The first-order chi connectivity index (χ1) is 20.2. The predicted molar refractivity (Wildman–Crippen MR) is 167 cm³/mol. The van der Waals surface area contributed by atoms with E-state index in [-0.39, 0.29) is 23.9 Å². The van der Waals surface area contributed by atoms with Gasteiger partial charge in [0.15, 0.2) is 5.82 Å². The third-order valence-corrected chi connectivity index (χ3v) is 7.08. The molecule has 0 spiro atoms. The van der Waals surface area contributed by atoms with E-state index in [1.807, 2.05) is 38.1 Å². The van der Waals surface area contributed by atoms with Gasteiger partial charge in [-0.15, -0.1) is 0 Å². The lowest BCUT2D eigenvalue weighted by molar-refractivity contribution is 0.305. The van der Waals surface area contributed by atoms with Crippen molar-refractivity contribution in [2.75, 3.05) is 6.61 Å². The highest BCUT2D eigenvalue weighted by atomic mass is 35.5. The number of hydrogen-bond donors (Lipinski definition) is 0. The molecule has 1 heterocycles. The van der Waals surface area contributed by atoms with Gasteiger partial charge in [0.1, 0.15) is 23.9 Å². The Balaban J connectivity index is 1.63. The summed E-state index contributed by atoms with van der Waals surface area (Å²) in [6.45, 7) is 8.81. The van der Waals surface area contributed by atoms with Crippen molar-refractivity contribution >= 4 is 28.7 Å². The smallest absolute Gasteiger partial charge is 0.282 e. The molecular formula is C34H31ClFN3O3. The Morgan fingerprint density at radius 3 is 2.57 bits per heavy atom. The molecule has 1 aromatic heterocycles. The van der Waals surface area contributed by atoms with Crippen LogP contribution in [0.15, 0.2) is 88.8 Å². The van der Waals surface area contributed by atoms with Crippen LogP contribution < -0.4 is 15.0 Å². The van der Waals surface area contributed by atoms with Gasteiger partial charge >= 0.3 is 0 Å². The molecule has 0 bridgehead atoms. The van der Waals surface area contributed by atoms with E-state index < -0.39 is 0 Å². The van der Waals surface area contributed by atoms with Crippen LogP contribution in [0.1, 0.15) is 48.9 Å². The Morgan fingerprint density at radius 1 is 1.00 bits per heavy atom. The number of benzene rings is 4. The second-order valence-corrected chi connectivity index (χ2v) is 10.6. The zero-order valence-electron chi connectivity index (χ0n) is 23.9. The van der Waals surface area contributed by atoms with E-state index in [2.05, 4.69) is 18.9 Å². The molecule has 0 atom stereocenters. The number of para-hydroxylation sites is 1. The molecule has 0 amide bonds. The van der Waals surface area contributed by atoms with Crippen molar-refractivity contribution in [3.05, 3.63) is 122 Å². The van der Waals surface area contributed by atoms with Crippen LogP contribution in [-0.2, 0) is 6.61 Å². The Labute approximate surface area is 249 Å². The summed E-state index contributed by atoms with van der Waals surface area (Å²) in [5.74, 6) is 1.54. The number of nitrogens with zero attached hydrogens (tertiary/aromatic N) is 3. The highest BCUT2D eigenvalue weighted by molar-refractivity contribution is 6.30. The van der Waals surface area contributed by atoms with Crippen LogP contribution in [0.25, 0.3) is 22.3 Å². The van der Waals surface area contributed by atoms with E-state index in [9.17, 15) is 9.18 Å². The lowest BCUT2D eigenvalue weighted by Gasteiger charge is -2.18. The Kier molecular flexibility index (Phi) is 8.69. The molecule has 0 saturated heterocycles. The molecule has 0 fully saturated rings. The monoisotopic (exact) mass is 583 g/mol. The van der Waals surface area contributed by atoms with Crippen LogP contribution in [0.5, 0.6) is 11.5 Å². The van der Waals surface area contributed by atoms with Crippen LogP contribution in [-0.4, -0.2) is 22.5 Å². The molecule has 0 radical (unpaired) electrons. The molecule has 0 N–H and O–H groups in total. The van der Waals surface area contributed by atoms with E-state index in [1.54, 1.807) is 42.5 Å². The quantitative estimate of drug-likeness (QED) is 0.164. The minimum Gasteiger partial charge on any atom is -0.494 e. The molecule has 0 saturated carbocycles. The molecule has 8 heteroatoms. The first-order valence-corrected chi connectivity index (χ1v) is 14.1. The summed E-state index contributed by atoms with van der Waals surface area (Å²) in [4.78, 5) is 18.7. The van der Waals surface area contributed by atoms with E-state index in [0.717, 1.165) is 22.4 Å². The van der Waals surface area contributed by atoms with E-state index >= 15 is 0 Å². The molecule has 5 aromatic rings. The Hall–Kier alpha value is -4.49. The minimum absolute atomic E-state index is 0.145. The van der Waals surface area contributed by atoms with Gasteiger partial charge in [0, 0.05) is 16.1 Å². The normalized spacial score (nSPS) is 11.5. The molecule has 0 aliphatic heterocycles. The van der Waals surface area contributed by atoms with Gasteiger partial charge in [-0.05, 0) is 91.1 Å². The first kappa shape index (κ1) is 29.0. The lowest BCUT2D eigenvalue weighted by atomic mass is 9.96. The number of hydrogen-bond acceptors (Lipinski definition) is 5. The average Bonchev–Trinajstić information content (AvgIpc) is 2.96. The molecule has 42 heavy (non-hydrogen) atoms. The topological polar surface area (TPSA) is 65.7 Å². The van der Waals surface area contributed by atoms with Crippen molar-refractivity contribution in [1.82, 2.24) is 9.66 Å². The maximum Gasteiger partial charge on any atom is 0.282 e. The summed E-state index contributed by atoms with van der Waals surface area (Å²) in [5, 5.41) is 5.55. The Morgan fingerprint density at radius 2 is 1.81 bits per heavy atom. The number of rotatable bonds is 9. The van der Waals surface area contributed by atoms with Gasteiger partial charge in [-0.3, -0.25) is 4.79 Å². The van der Waals surface area contributed by atoms with Crippen molar-refractivity contribution in [2.24, 2.45) is 5.10 Å². The molecular weight excluding hydrogens is 553 g/mol. The standard InChI is InChI=1S/C34H31ClFN3O3/c1-5-41-32-15-22(4)29(18-28(32)21(2)3)33-38-30-12-7-6-11-27(30)34(40)39(33)37-19-24-17-25(35)13-14-31(24)42-20-23-9-8-10-26(36)16-23/h6-19,21H,5,20H2,1-4H3. The van der Waals surface area contributed by atoms with Crippen molar-refractivity contribution in [3.8, 4) is 22.9 Å². The minimum atomic E-state index is -0.338. The maximum atomic E-state index is 13.8. The van der Waals surface area contributed by atoms with Crippen LogP contribution >= 0.6 is 11.6 Å². The summed E-state index contributed by atoms with van der Waals surface area (Å²) in [6.07, 6.45) is 1.53. The molecule has 5 rings (SSSR count). The number of halogens is 2. The number of fused-ring (bicyclic) bond motifs is 1. The molecule has 0 aliphatic carbocycles. The highest BCUT2D eigenvalue weighted by Gasteiger charge is 2.19. The third kappa shape index (κ3) is 6.21. The average molecular weight is 584 g/mol. The zero-order valence-corrected chi connectivity index (χ0v) is 24.7. The molecule has 4 aromatic carbocycles. The van der Waals surface area contributed by atoms with Crippen molar-refractivity contribution in [3.63, 3.8) is 0 Å². The van der Waals surface area contributed by atoms with E-state index in [4.69, 9.17) is 26.1 Å². The lowest BCUT2D eigenvalue weighted by Crippen LogP contribution is -2.21. The largest absolute Gasteiger partial charge is 0.494 e. The van der Waals surface area contributed by atoms with Crippen molar-refractivity contribution in [2.45, 2.75) is 40.2 Å². The molecule has 0 unspecified atom stereocenters. The first-order valence-electron chi connectivity index (χ1n) is 13.8. The predicted octanol–water partition coefficient (Wildman–Crippen LogP) is 8.15. The highest BCUT2D eigenvalue weighted by Crippen LogP contribution is 2.34. The SMILES string of the molecule is CCOc1cc(C)c(-c2nc3ccccc3c(=O)n2N=Cc2cc(Cl)ccc2OCc2cccc(F)c2)cc1C(C)C. The fourth-order valence-corrected chi connectivity index (χ4v) is 4.92. The van der Waals surface area contributed by atoms with E-state index in [1.165, 1.54) is 23.0 Å². The summed E-state index contributed by atoms with van der Waals surface area (Å²) in [7, 11) is 0. The van der Waals surface area contributed by atoms with Crippen LogP contribution in [0.2, 0.25) is 5.02 Å². The second kappa shape index (κ2) is 12.6. The molecule has 6 nitrogen and oxygen atoms in total. The summed E-state index contributed by atoms with van der Waals surface area (Å²) in [5.41, 5.74) is 4.18. The van der Waals surface area contributed by atoms with Gasteiger partial charge < -0.3 is 9.47 Å². The third-order valence-electron chi connectivity index (χ3n) is 6.84. The van der Waals surface area contributed by atoms with Gasteiger partial charge in [-0.2, -0.15) is 9.78 Å². The van der Waals surface area contributed by atoms with Gasteiger partial charge in [0.2, 0.25) is 0 Å². The van der Waals surface area contributed by atoms with Crippen LogP contribution in [0, 0.1) is 12.7 Å². The summed E-state index contributed by atoms with van der Waals surface area (Å²) < 4.78 is 26.9. The summed E-state index contributed by atoms with van der Waals surface area (Å²) >= 11 is 6.32. The van der Waals surface area contributed by atoms with Gasteiger partial charge in [-0.1, -0.05) is 49.7 Å². The zero-order chi connectivity index (χ0) is 29.8. The Bertz CT molecular complexity index is 1850. The molecule has 214 valence electrons. The number of aromatic nitrogens is 2. The van der Waals surface area contributed by atoms with Crippen LogP contribution in [0.4, 0.5) is 4.39 Å². The van der Waals surface area contributed by atoms with Crippen LogP contribution in [0.3, 0.4) is 0 Å². The summed E-state index contributed by atoms with van der Waals surface area (Å²) in [6, 6.07) is 22.5. The van der Waals surface area contributed by atoms with Crippen molar-refractivity contribution < 1.29 is 13.9 Å². The van der Waals surface area contributed by atoms with Gasteiger partial charge in [-0.25, -0.2) is 9.37 Å². The second-order valence-electron chi connectivity index (χ2n) is 10.2. The number of aryl methyl sites for hydroxylation is 1. The van der Waals surface area contributed by atoms with Gasteiger partial charge in [0.25, 0.3) is 5.56 Å². The fourth-order valence-electron chi connectivity index (χ4n) is 4.74. The molecule has 0 aliphatic rings.